The van der Waals surface area contributed by atoms with Crippen molar-refractivity contribution < 1.29 is 9.59 Å². The Morgan fingerprint density at radius 2 is 1.67 bits per heavy atom. The second-order valence-corrected chi connectivity index (χ2v) is 5.85. The fourth-order valence-corrected chi connectivity index (χ4v) is 2.64. The summed E-state index contributed by atoms with van der Waals surface area (Å²) < 4.78 is 2.52. The summed E-state index contributed by atoms with van der Waals surface area (Å²) in [7, 11) is 0. The van der Waals surface area contributed by atoms with Crippen molar-refractivity contribution in [2.24, 2.45) is 5.73 Å². The zero-order valence-corrected chi connectivity index (χ0v) is 13.1. The van der Waals surface area contributed by atoms with Crippen LogP contribution in [-0.2, 0) is 0 Å². The summed E-state index contributed by atoms with van der Waals surface area (Å²) in [4.78, 5) is 24.1. The van der Waals surface area contributed by atoms with Crippen molar-refractivity contribution in [3.05, 3.63) is 69.4 Å². The van der Waals surface area contributed by atoms with Crippen molar-refractivity contribution in [1.29, 1.82) is 0 Å². The number of rotatable bonds is 2. The zero-order valence-electron chi connectivity index (χ0n) is 10.9. The molecule has 21 heavy (non-hydrogen) atoms. The summed E-state index contributed by atoms with van der Waals surface area (Å²) >= 11 is 2.18. The third-order valence-corrected chi connectivity index (χ3v) is 4.01. The first-order chi connectivity index (χ1) is 10.1. The van der Waals surface area contributed by atoms with Crippen molar-refractivity contribution in [3.8, 4) is 0 Å². The zero-order chi connectivity index (χ0) is 15.0. The van der Waals surface area contributed by atoms with Crippen molar-refractivity contribution in [2.45, 2.75) is 0 Å². The SMILES string of the molecule is NC(=O)c1cn(C(=O)c2ccc(I)cc2)c2ccccc12. The standard InChI is InChI=1S/C16H11IN2O2/c17-11-7-5-10(6-8-11)16(21)19-9-13(15(18)20)12-3-1-2-4-14(12)19/h1-9H,(H2,18,20). The van der Waals surface area contributed by atoms with Crippen LogP contribution in [0.25, 0.3) is 10.9 Å². The van der Waals surface area contributed by atoms with Gasteiger partial charge in [0.05, 0.1) is 11.1 Å². The van der Waals surface area contributed by atoms with Gasteiger partial charge in [-0.25, -0.2) is 0 Å². The van der Waals surface area contributed by atoms with Gasteiger partial charge in [-0.15, -0.1) is 0 Å². The number of carbonyl (C=O) groups is 2. The van der Waals surface area contributed by atoms with E-state index in [0.29, 0.717) is 22.0 Å². The number of primary amides is 1. The van der Waals surface area contributed by atoms with Gasteiger partial charge < -0.3 is 5.73 Å². The predicted molar refractivity (Wildman–Crippen MR) is 89.3 cm³/mol. The van der Waals surface area contributed by atoms with Crippen molar-refractivity contribution >= 4 is 45.3 Å². The molecule has 0 fully saturated rings. The molecule has 0 aliphatic heterocycles. The van der Waals surface area contributed by atoms with E-state index in [1.165, 1.54) is 10.8 Å². The Morgan fingerprint density at radius 1 is 1.00 bits per heavy atom. The van der Waals surface area contributed by atoms with E-state index >= 15 is 0 Å². The highest BCUT2D eigenvalue weighted by Crippen LogP contribution is 2.22. The number of halogens is 1. The highest BCUT2D eigenvalue weighted by atomic mass is 127. The largest absolute Gasteiger partial charge is 0.366 e. The smallest absolute Gasteiger partial charge is 0.262 e. The van der Waals surface area contributed by atoms with Crippen LogP contribution < -0.4 is 5.73 Å². The van der Waals surface area contributed by atoms with E-state index in [0.717, 1.165) is 3.57 Å². The molecule has 0 aliphatic carbocycles. The average molecular weight is 390 g/mol. The molecule has 3 aromatic rings. The molecule has 5 heteroatoms. The first kappa shape index (κ1) is 13.8. The maximum Gasteiger partial charge on any atom is 0.262 e. The normalized spacial score (nSPS) is 10.7. The summed E-state index contributed by atoms with van der Waals surface area (Å²) in [5.74, 6) is -0.726. The lowest BCUT2D eigenvalue weighted by atomic mass is 10.2. The second-order valence-electron chi connectivity index (χ2n) is 4.61. The monoisotopic (exact) mass is 390 g/mol. The van der Waals surface area contributed by atoms with Gasteiger partial charge in [-0.2, -0.15) is 0 Å². The van der Waals surface area contributed by atoms with E-state index in [4.69, 9.17) is 5.73 Å². The van der Waals surface area contributed by atoms with E-state index in [1.54, 1.807) is 24.3 Å². The molecular formula is C16H11IN2O2. The molecule has 0 aliphatic rings. The van der Waals surface area contributed by atoms with E-state index < -0.39 is 5.91 Å². The van der Waals surface area contributed by atoms with Crippen molar-refractivity contribution in [1.82, 2.24) is 4.57 Å². The van der Waals surface area contributed by atoms with Gasteiger partial charge in [0.15, 0.2) is 0 Å². The summed E-state index contributed by atoms with van der Waals surface area (Å²) in [6, 6.07) is 14.5. The molecule has 0 saturated heterocycles. The van der Waals surface area contributed by atoms with Crippen LogP contribution >= 0.6 is 22.6 Å². The Hall–Kier alpha value is -2.15. The van der Waals surface area contributed by atoms with Gasteiger partial charge >= 0.3 is 0 Å². The van der Waals surface area contributed by atoms with Gasteiger partial charge in [0.1, 0.15) is 0 Å². The predicted octanol–water partition coefficient (Wildman–Crippen LogP) is 3.03. The van der Waals surface area contributed by atoms with E-state index in [-0.39, 0.29) is 5.91 Å². The number of hydrogen-bond acceptors (Lipinski definition) is 2. The summed E-state index contributed by atoms with van der Waals surface area (Å²) in [5, 5.41) is 0.684. The molecule has 3 rings (SSSR count). The maximum atomic E-state index is 12.6. The Labute approximate surface area is 134 Å². The summed E-state index contributed by atoms with van der Waals surface area (Å²) in [5.41, 5.74) is 6.98. The maximum absolute atomic E-state index is 12.6. The van der Waals surface area contributed by atoms with Crippen LogP contribution in [0.1, 0.15) is 20.7 Å². The molecule has 0 radical (unpaired) electrons. The van der Waals surface area contributed by atoms with E-state index in [9.17, 15) is 9.59 Å². The molecule has 4 nitrogen and oxygen atoms in total. The molecular weight excluding hydrogens is 379 g/mol. The Balaban J connectivity index is 2.18. The van der Waals surface area contributed by atoms with Crippen LogP contribution in [0.15, 0.2) is 54.7 Å². The number of carbonyl (C=O) groups excluding carboxylic acids is 2. The molecule has 0 spiro atoms. The topological polar surface area (TPSA) is 65.1 Å². The van der Waals surface area contributed by atoms with Gasteiger partial charge in [-0.05, 0) is 52.9 Å². The lowest BCUT2D eigenvalue weighted by molar-refractivity contribution is 0.0965. The summed E-state index contributed by atoms with van der Waals surface area (Å²) in [6.07, 6.45) is 1.51. The highest BCUT2D eigenvalue weighted by molar-refractivity contribution is 14.1. The number of nitrogens with zero attached hydrogens (tertiary/aromatic N) is 1. The first-order valence-corrected chi connectivity index (χ1v) is 7.36. The second kappa shape index (κ2) is 5.33. The molecule has 0 bridgehead atoms. The molecule has 2 N–H and O–H groups in total. The van der Waals surface area contributed by atoms with Crippen LogP contribution in [0, 0.1) is 3.57 Å². The van der Waals surface area contributed by atoms with Crippen LogP contribution in [0.5, 0.6) is 0 Å². The number of amides is 1. The molecule has 2 aromatic carbocycles. The fraction of sp³-hybridized carbons (Fsp3) is 0. The number of nitrogens with two attached hydrogens (primary N) is 1. The van der Waals surface area contributed by atoms with Gasteiger partial charge in [0.25, 0.3) is 11.8 Å². The molecule has 104 valence electrons. The van der Waals surface area contributed by atoms with Crippen molar-refractivity contribution in [2.75, 3.05) is 0 Å². The lowest BCUT2D eigenvalue weighted by Gasteiger charge is -2.04. The fourth-order valence-electron chi connectivity index (χ4n) is 2.28. The third-order valence-electron chi connectivity index (χ3n) is 3.29. The first-order valence-electron chi connectivity index (χ1n) is 6.28. The van der Waals surface area contributed by atoms with Gasteiger partial charge in [-0.3, -0.25) is 14.2 Å². The minimum absolute atomic E-state index is 0.185. The highest BCUT2D eigenvalue weighted by Gasteiger charge is 2.17. The minimum atomic E-state index is -0.541. The average Bonchev–Trinajstić information content (AvgIpc) is 2.87. The Morgan fingerprint density at radius 3 is 2.33 bits per heavy atom. The molecule has 1 amide bonds. The number of hydrogen-bond donors (Lipinski definition) is 1. The minimum Gasteiger partial charge on any atom is -0.366 e. The van der Waals surface area contributed by atoms with Crippen LogP contribution in [-0.4, -0.2) is 16.4 Å². The van der Waals surface area contributed by atoms with Gasteiger partial charge in [-0.1, -0.05) is 18.2 Å². The van der Waals surface area contributed by atoms with Gasteiger partial charge in [0, 0.05) is 20.7 Å². The van der Waals surface area contributed by atoms with Crippen LogP contribution in [0.4, 0.5) is 0 Å². The Bertz CT molecular complexity index is 850. The lowest BCUT2D eigenvalue weighted by Crippen LogP contribution is -2.12. The van der Waals surface area contributed by atoms with E-state index in [2.05, 4.69) is 22.6 Å². The van der Waals surface area contributed by atoms with Gasteiger partial charge in [0.2, 0.25) is 0 Å². The van der Waals surface area contributed by atoms with Crippen molar-refractivity contribution in [3.63, 3.8) is 0 Å². The molecule has 1 aromatic heterocycles. The number of fused-ring (bicyclic) bond motifs is 1. The Kier molecular flexibility index (Phi) is 3.50. The summed E-state index contributed by atoms with van der Waals surface area (Å²) in [6.45, 7) is 0. The number of aromatic nitrogens is 1. The van der Waals surface area contributed by atoms with Crippen LogP contribution in [0.2, 0.25) is 0 Å². The molecule has 0 atom stereocenters. The van der Waals surface area contributed by atoms with Crippen LogP contribution in [0.3, 0.4) is 0 Å². The number of para-hydroxylation sites is 1. The third kappa shape index (κ3) is 2.44. The van der Waals surface area contributed by atoms with E-state index in [1.807, 2.05) is 24.3 Å². The molecule has 0 unspecified atom stereocenters. The molecule has 0 saturated carbocycles. The quantitative estimate of drug-likeness (QED) is 0.684. The number of benzene rings is 2. The molecule has 1 heterocycles.